The van der Waals surface area contributed by atoms with Gasteiger partial charge in [-0.1, -0.05) is 0 Å². The molecule has 6 nitrogen and oxygen atoms in total. The molecule has 2 aliphatic rings. The number of hydrogen-bond donors (Lipinski definition) is 1. The first-order valence-corrected chi connectivity index (χ1v) is 6.29. The zero-order valence-corrected chi connectivity index (χ0v) is 10.1. The van der Waals surface area contributed by atoms with Crippen LogP contribution in [0.5, 0.6) is 0 Å². The third kappa shape index (κ3) is 1.92. The smallest absolute Gasteiger partial charge is 0.339 e. The molecule has 96 valence electrons. The van der Waals surface area contributed by atoms with Gasteiger partial charge in [0, 0.05) is 25.7 Å². The summed E-state index contributed by atoms with van der Waals surface area (Å²) in [6.45, 7) is 3.85. The highest BCUT2D eigenvalue weighted by atomic mass is 16.4. The SMILES string of the molecule is O=C(O)c1ccnnc1N1CCN2CCCC2C1. The first kappa shape index (κ1) is 11.4. The second-order valence-corrected chi connectivity index (χ2v) is 4.85. The van der Waals surface area contributed by atoms with Gasteiger partial charge in [0.1, 0.15) is 5.56 Å². The van der Waals surface area contributed by atoms with E-state index in [9.17, 15) is 9.90 Å². The van der Waals surface area contributed by atoms with E-state index in [0.29, 0.717) is 11.9 Å². The number of carboxylic acids is 1. The van der Waals surface area contributed by atoms with Crippen molar-refractivity contribution in [1.82, 2.24) is 15.1 Å². The Morgan fingerprint density at radius 3 is 3.11 bits per heavy atom. The van der Waals surface area contributed by atoms with Crippen LogP contribution in [0.4, 0.5) is 5.82 Å². The summed E-state index contributed by atoms with van der Waals surface area (Å²) in [7, 11) is 0. The average molecular weight is 248 g/mol. The topological polar surface area (TPSA) is 69.6 Å². The lowest BCUT2D eigenvalue weighted by atomic mass is 10.1. The molecular formula is C12H16N4O2. The van der Waals surface area contributed by atoms with Crippen molar-refractivity contribution in [2.24, 2.45) is 0 Å². The van der Waals surface area contributed by atoms with Gasteiger partial charge in [0.25, 0.3) is 0 Å². The number of anilines is 1. The molecule has 2 saturated heterocycles. The minimum atomic E-state index is -0.936. The second-order valence-electron chi connectivity index (χ2n) is 4.85. The van der Waals surface area contributed by atoms with Crippen LogP contribution in [0.15, 0.2) is 12.3 Å². The molecule has 2 fully saturated rings. The fraction of sp³-hybridized carbons (Fsp3) is 0.583. The summed E-state index contributed by atoms with van der Waals surface area (Å²) in [5, 5.41) is 17.0. The zero-order chi connectivity index (χ0) is 12.5. The molecule has 2 aliphatic heterocycles. The Morgan fingerprint density at radius 1 is 1.39 bits per heavy atom. The Morgan fingerprint density at radius 2 is 2.28 bits per heavy atom. The van der Waals surface area contributed by atoms with E-state index in [-0.39, 0.29) is 5.56 Å². The van der Waals surface area contributed by atoms with Crippen LogP contribution in [0.2, 0.25) is 0 Å². The van der Waals surface area contributed by atoms with Crippen molar-refractivity contribution in [3.05, 3.63) is 17.8 Å². The fourth-order valence-electron chi connectivity index (χ4n) is 2.91. The number of hydrogen-bond acceptors (Lipinski definition) is 5. The lowest BCUT2D eigenvalue weighted by molar-refractivity contribution is 0.0696. The number of nitrogens with zero attached hydrogens (tertiary/aromatic N) is 4. The van der Waals surface area contributed by atoms with Gasteiger partial charge in [-0.05, 0) is 25.5 Å². The summed E-state index contributed by atoms with van der Waals surface area (Å²) in [4.78, 5) is 15.7. The van der Waals surface area contributed by atoms with Gasteiger partial charge in [0.15, 0.2) is 5.82 Å². The van der Waals surface area contributed by atoms with Gasteiger partial charge in [-0.15, -0.1) is 5.10 Å². The molecule has 0 aromatic carbocycles. The van der Waals surface area contributed by atoms with E-state index in [0.717, 1.165) is 19.6 Å². The Balaban J connectivity index is 1.85. The first-order chi connectivity index (χ1) is 8.75. The third-order valence-corrected chi connectivity index (χ3v) is 3.82. The van der Waals surface area contributed by atoms with Gasteiger partial charge in [0.05, 0.1) is 6.20 Å². The maximum absolute atomic E-state index is 11.2. The van der Waals surface area contributed by atoms with Crippen molar-refractivity contribution in [1.29, 1.82) is 0 Å². The van der Waals surface area contributed by atoms with Gasteiger partial charge >= 0.3 is 5.97 Å². The van der Waals surface area contributed by atoms with Gasteiger partial charge in [-0.3, -0.25) is 4.90 Å². The molecule has 0 bridgehead atoms. The first-order valence-electron chi connectivity index (χ1n) is 6.29. The van der Waals surface area contributed by atoms with Crippen molar-refractivity contribution in [3.8, 4) is 0 Å². The van der Waals surface area contributed by atoms with Crippen LogP contribution in [-0.2, 0) is 0 Å². The van der Waals surface area contributed by atoms with Crippen LogP contribution < -0.4 is 4.90 Å². The molecule has 1 unspecified atom stereocenters. The summed E-state index contributed by atoms with van der Waals surface area (Å²) in [5.41, 5.74) is 0.247. The molecule has 0 aliphatic carbocycles. The van der Waals surface area contributed by atoms with Crippen molar-refractivity contribution in [3.63, 3.8) is 0 Å². The van der Waals surface area contributed by atoms with E-state index >= 15 is 0 Å². The predicted octanol–water partition coefficient (Wildman–Crippen LogP) is 0.459. The number of aromatic carboxylic acids is 1. The van der Waals surface area contributed by atoms with Crippen molar-refractivity contribution >= 4 is 11.8 Å². The number of carbonyl (C=O) groups is 1. The van der Waals surface area contributed by atoms with Crippen LogP contribution in [0.25, 0.3) is 0 Å². The summed E-state index contributed by atoms with van der Waals surface area (Å²) in [5.74, 6) is -0.426. The molecule has 0 spiro atoms. The van der Waals surface area contributed by atoms with E-state index in [1.54, 1.807) is 0 Å². The summed E-state index contributed by atoms with van der Waals surface area (Å²) in [6.07, 6.45) is 3.86. The molecule has 0 radical (unpaired) electrons. The molecular weight excluding hydrogens is 232 g/mol. The summed E-state index contributed by atoms with van der Waals surface area (Å²) in [6, 6.07) is 2.06. The predicted molar refractivity (Wildman–Crippen MR) is 65.8 cm³/mol. The van der Waals surface area contributed by atoms with Crippen LogP contribution in [0, 0.1) is 0 Å². The normalized spacial score (nSPS) is 24.0. The highest BCUT2D eigenvalue weighted by Gasteiger charge is 2.32. The van der Waals surface area contributed by atoms with Crippen molar-refractivity contribution in [2.45, 2.75) is 18.9 Å². The molecule has 1 atom stereocenters. The Hall–Kier alpha value is -1.69. The fourth-order valence-corrected chi connectivity index (χ4v) is 2.91. The molecule has 6 heteroatoms. The lowest BCUT2D eigenvalue weighted by Crippen LogP contribution is -2.50. The minimum absolute atomic E-state index is 0.247. The Labute approximate surface area is 105 Å². The van der Waals surface area contributed by atoms with E-state index in [1.165, 1.54) is 31.6 Å². The molecule has 3 rings (SSSR count). The highest BCUT2D eigenvalue weighted by molar-refractivity contribution is 5.93. The number of rotatable bonds is 2. The zero-order valence-electron chi connectivity index (χ0n) is 10.1. The Kier molecular flexibility index (Phi) is 2.87. The molecule has 18 heavy (non-hydrogen) atoms. The molecule has 0 saturated carbocycles. The molecule has 3 heterocycles. The standard InChI is InChI=1S/C12H16N4O2/c17-12(18)10-3-4-13-14-11(10)16-7-6-15-5-1-2-9(15)8-16/h3-4,9H,1-2,5-8H2,(H,17,18). The van der Waals surface area contributed by atoms with Gasteiger partial charge in [-0.25, -0.2) is 4.79 Å². The van der Waals surface area contributed by atoms with E-state index < -0.39 is 5.97 Å². The van der Waals surface area contributed by atoms with E-state index in [1.807, 2.05) is 0 Å². The van der Waals surface area contributed by atoms with Crippen molar-refractivity contribution < 1.29 is 9.90 Å². The number of fused-ring (bicyclic) bond motifs is 1. The molecule has 1 aromatic rings. The lowest BCUT2D eigenvalue weighted by Gasteiger charge is -2.38. The number of aromatic nitrogens is 2. The van der Waals surface area contributed by atoms with Crippen LogP contribution in [0.3, 0.4) is 0 Å². The quantitative estimate of drug-likeness (QED) is 0.820. The summed E-state index contributed by atoms with van der Waals surface area (Å²) < 4.78 is 0. The van der Waals surface area contributed by atoms with Crippen LogP contribution >= 0.6 is 0 Å². The van der Waals surface area contributed by atoms with E-state index in [4.69, 9.17) is 0 Å². The van der Waals surface area contributed by atoms with Crippen molar-refractivity contribution in [2.75, 3.05) is 31.1 Å². The highest BCUT2D eigenvalue weighted by Crippen LogP contribution is 2.25. The number of piperazine rings is 1. The van der Waals surface area contributed by atoms with Gasteiger partial charge in [-0.2, -0.15) is 5.10 Å². The average Bonchev–Trinajstić information content (AvgIpc) is 2.85. The molecule has 1 aromatic heterocycles. The maximum Gasteiger partial charge on any atom is 0.339 e. The third-order valence-electron chi connectivity index (χ3n) is 3.82. The van der Waals surface area contributed by atoms with Crippen LogP contribution in [-0.4, -0.2) is 58.4 Å². The maximum atomic E-state index is 11.2. The largest absolute Gasteiger partial charge is 0.478 e. The van der Waals surface area contributed by atoms with Gasteiger partial charge in [0.2, 0.25) is 0 Å². The number of carboxylic acid groups (broad SMARTS) is 1. The minimum Gasteiger partial charge on any atom is -0.478 e. The van der Waals surface area contributed by atoms with Crippen LogP contribution in [0.1, 0.15) is 23.2 Å². The molecule has 0 amide bonds. The Bertz CT molecular complexity index is 465. The monoisotopic (exact) mass is 248 g/mol. The summed E-state index contributed by atoms with van der Waals surface area (Å²) >= 11 is 0. The second kappa shape index (κ2) is 4.53. The molecule has 1 N–H and O–H groups in total. The van der Waals surface area contributed by atoms with Gasteiger partial charge < -0.3 is 10.0 Å². The van der Waals surface area contributed by atoms with E-state index in [2.05, 4.69) is 20.0 Å².